The predicted octanol–water partition coefficient (Wildman–Crippen LogP) is 0.335. The Bertz CT molecular complexity index is 2720. The van der Waals surface area contributed by atoms with Crippen molar-refractivity contribution in [1.82, 2.24) is 13.3 Å². The van der Waals surface area contributed by atoms with Gasteiger partial charge in [-0.15, -0.1) is 0 Å². The number of nitrogens with zero attached hydrogens (tertiary/aromatic N) is 4. The first-order valence-electron chi connectivity index (χ1n) is 21.8. The molecule has 0 saturated heterocycles. The van der Waals surface area contributed by atoms with E-state index in [9.17, 15) is 66.0 Å². The molecular weight excluding hydrogens is 1020 g/mol. The minimum Gasteiger partial charge on any atom is -0.481 e. The summed E-state index contributed by atoms with van der Waals surface area (Å²) in [5.74, 6) is -9.31. The number of hydrogen-bond donors (Lipinski definition) is 9. The Balaban J connectivity index is 1.34. The van der Waals surface area contributed by atoms with Gasteiger partial charge in [-0.2, -0.15) is 21.8 Å². The summed E-state index contributed by atoms with van der Waals surface area (Å²) in [4.78, 5) is 80.9. The van der Waals surface area contributed by atoms with Crippen molar-refractivity contribution in [3.8, 4) is 11.5 Å². The molecule has 4 aromatic rings. The third-order valence-corrected chi connectivity index (χ3v) is 13.4. The van der Waals surface area contributed by atoms with Crippen LogP contribution in [0.3, 0.4) is 0 Å². The van der Waals surface area contributed by atoms with Crippen molar-refractivity contribution in [2.24, 2.45) is 32.9 Å². The molecule has 0 saturated carbocycles. The zero-order valence-electron chi connectivity index (χ0n) is 39.1. The second-order valence-corrected chi connectivity index (χ2v) is 19.2. The number of aliphatic imine (C=N–C) groups is 2. The number of sulfonamides is 1. The van der Waals surface area contributed by atoms with Gasteiger partial charge in [0, 0.05) is 19.6 Å². The first-order valence-corrected chi connectivity index (χ1v) is 24.8. The van der Waals surface area contributed by atoms with Gasteiger partial charge in [-0.25, -0.2) is 28.0 Å². The Kier molecular flexibility index (Phi) is 21.9. The minimum absolute atomic E-state index is 0.0184. The molecule has 0 amide bonds. The van der Waals surface area contributed by atoms with Crippen molar-refractivity contribution < 1.29 is 85.0 Å². The van der Waals surface area contributed by atoms with Crippen LogP contribution in [0.15, 0.2) is 107 Å². The van der Waals surface area contributed by atoms with E-state index in [0.717, 1.165) is 0 Å². The van der Waals surface area contributed by atoms with E-state index in [4.69, 9.17) is 41.9 Å². The molecule has 0 bridgehead atoms. The topological polar surface area (TPSA) is 436 Å². The van der Waals surface area contributed by atoms with Gasteiger partial charge in [0.1, 0.15) is 23.6 Å². The summed E-state index contributed by atoms with van der Waals surface area (Å²) in [6, 6.07) is 18.9. The quantitative estimate of drug-likeness (QED) is 0.0108. The van der Waals surface area contributed by atoms with Gasteiger partial charge < -0.3 is 62.3 Å². The fraction of sp³-hybridized carbons (Fsp3) is 0.289. The highest BCUT2D eigenvalue weighted by atomic mass is 32.2. The lowest BCUT2D eigenvalue weighted by atomic mass is 10.1. The molecule has 0 aliphatic heterocycles. The number of nitrogens with two attached hydrogens (primary N) is 4. The van der Waals surface area contributed by atoms with Crippen LogP contribution in [0, 0.1) is 0 Å². The maximum atomic E-state index is 13.7. The molecule has 398 valence electrons. The molecule has 0 radical (unpaired) electrons. The maximum absolute atomic E-state index is 13.7. The Morgan fingerprint density at radius 2 is 0.986 bits per heavy atom. The Morgan fingerprint density at radius 3 is 1.42 bits per heavy atom. The van der Waals surface area contributed by atoms with Crippen LogP contribution in [-0.4, -0.2) is 151 Å². The van der Waals surface area contributed by atoms with Crippen LogP contribution >= 0.6 is 0 Å². The summed E-state index contributed by atoms with van der Waals surface area (Å²) in [5.41, 5.74) is 23.1. The zero-order chi connectivity index (χ0) is 54.6. The normalized spacial score (nSPS) is 12.3. The van der Waals surface area contributed by atoms with E-state index < -0.39 is 120 Å². The smallest absolute Gasteiger partial charge is 0.343 e. The van der Waals surface area contributed by atoms with Gasteiger partial charge in [0.25, 0.3) is 10.2 Å². The van der Waals surface area contributed by atoms with Gasteiger partial charge >= 0.3 is 35.8 Å². The molecule has 0 fully saturated rings. The summed E-state index contributed by atoms with van der Waals surface area (Å²) < 4.78 is 79.2. The van der Waals surface area contributed by atoms with E-state index in [1.165, 1.54) is 97.1 Å². The van der Waals surface area contributed by atoms with E-state index >= 15 is 0 Å². The number of carbonyl (C=O) groups excluding carboxylic acids is 2. The molecule has 0 aliphatic rings. The number of carboxylic acids is 4. The van der Waals surface area contributed by atoms with Crippen molar-refractivity contribution in [3.63, 3.8) is 0 Å². The molecule has 27 nitrogen and oxygen atoms in total. The number of carboxylic acid groups (broad SMARTS) is 4. The number of aliphatic carboxylic acids is 4. The lowest BCUT2D eigenvalue weighted by Crippen LogP contribution is -2.51. The van der Waals surface area contributed by atoms with Gasteiger partial charge in [-0.05, 0) is 90.3 Å². The zero-order valence-corrected chi connectivity index (χ0v) is 40.7. The average Bonchev–Trinajstić information content (AvgIpc) is 3.32. The average molecular weight is 1070 g/mol. The highest BCUT2D eigenvalue weighted by molar-refractivity contribution is 7.89. The predicted molar refractivity (Wildman–Crippen MR) is 262 cm³/mol. The lowest BCUT2D eigenvalue weighted by molar-refractivity contribution is -0.148. The van der Waals surface area contributed by atoms with Gasteiger partial charge in [-0.3, -0.25) is 19.2 Å². The standard InChI is InChI=1S/C45H53N9O18S2/c46-44(47)51-32-11-7-30(8-12-32)42(63)71-34-5-1-3-28(23-34)15-22-73(65,66)53(36(40(59)60)25-38(55)56)16-18-69-20-21-70-19-17-54(37(41(61)62)26-39(57)58)74(67,68)50-27-29-4-2-6-35(24-29)72-43(64)31-9-13-33(14-10-31)52-45(48)49/h1-14,23-24,36-37,50H,15-22,25-27H2,(H,55,56)(H,57,58)(H,59,60)(H,61,62)(H4,46,47,51)(H4,48,49,52)/t36-,37-/m0/s1. The molecule has 74 heavy (non-hydrogen) atoms. The summed E-state index contributed by atoms with van der Waals surface area (Å²) in [6.45, 7) is -3.44. The van der Waals surface area contributed by atoms with Crippen LogP contribution < -0.4 is 37.1 Å². The number of aryl methyl sites for hydroxylation is 1. The van der Waals surface area contributed by atoms with Gasteiger partial charge in [0.05, 0.1) is 67.5 Å². The molecule has 0 aromatic heterocycles. The van der Waals surface area contributed by atoms with E-state index in [2.05, 4.69) is 14.7 Å². The Hall–Kier alpha value is -8.06. The van der Waals surface area contributed by atoms with Crippen LogP contribution in [0.2, 0.25) is 0 Å². The number of benzene rings is 4. The van der Waals surface area contributed by atoms with Crippen molar-refractivity contribution in [2.75, 3.05) is 45.3 Å². The second kappa shape index (κ2) is 27.7. The fourth-order valence-corrected chi connectivity index (χ4v) is 9.56. The number of guanidine groups is 2. The molecule has 0 spiro atoms. The van der Waals surface area contributed by atoms with Crippen molar-refractivity contribution in [3.05, 3.63) is 119 Å². The van der Waals surface area contributed by atoms with Crippen molar-refractivity contribution >= 4 is 79.3 Å². The minimum atomic E-state index is -4.78. The molecule has 29 heteroatoms. The molecule has 4 aromatic carbocycles. The number of rotatable bonds is 31. The fourth-order valence-electron chi connectivity index (χ4n) is 6.60. The molecule has 2 atom stereocenters. The van der Waals surface area contributed by atoms with Crippen molar-refractivity contribution in [1.29, 1.82) is 0 Å². The number of carbonyl (C=O) groups is 6. The van der Waals surface area contributed by atoms with Gasteiger partial charge in [0.15, 0.2) is 11.9 Å². The summed E-state index contributed by atoms with van der Waals surface area (Å²) in [7, 11) is -9.33. The van der Waals surface area contributed by atoms with E-state index in [1.807, 2.05) is 0 Å². The third kappa shape index (κ3) is 19.2. The van der Waals surface area contributed by atoms with Crippen LogP contribution in [0.4, 0.5) is 11.4 Å². The van der Waals surface area contributed by atoms with Crippen LogP contribution in [0.1, 0.15) is 44.7 Å². The monoisotopic (exact) mass is 1070 g/mol. The largest absolute Gasteiger partial charge is 0.481 e. The van der Waals surface area contributed by atoms with Crippen molar-refractivity contribution in [2.45, 2.75) is 37.9 Å². The SMILES string of the molecule is NC(N)=Nc1ccc(C(=O)Oc2cccc(CCS(=O)(=O)N(CCOCCOCCN([C@@H](CC(=O)O)C(=O)O)S(=O)(=O)NCc3cccc(OC(=O)c4ccc(N=C(N)N)cc4)c3)[C@@H](CC(=O)O)C(=O)O)c2)cc1. The lowest BCUT2D eigenvalue weighted by Gasteiger charge is -2.27. The van der Waals surface area contributed by atoms with E-state index in [0.29, 0.717) is 25.5 Å². The number of ether oxygens (including phenoxy) is 4. The van der Waals surface area contributed by atoms with Gasteiger partial charge in [-0.1, -0.05) is 24.3 Å². The first kappa shape index (κ1) is 58.5. The molecule has 13 N–H and O–H groups in total. The van der Waals surface area contributed by atoms with E-state index in [1.54, 1.807) is 0 Å². The molecule has 4 rings (SSSR count). The third-order valence-electron chi connectivity index (χ3n) is 10.00. The maximum Gasteiger partial charge on any atom is 0.343 e. The van der Waals surface area contributed by atoms with Crippen LogP contribution in [-0.2, 0) is 61.9 Å². The first-order chi connectivity index (χ1) is 34.9. The summed E-state index contributed by atoms with van der Waals surface area (Å²) >= 11 is 0. The highest BCUT2D eigenvalue weighted by Gasteiger charge is 2.37. The molecule has 0 heterocycles. The molecule has 0 unspecified atom stereocenters. The molecule has 0 aliphatic carbocycles. The molecular formula is C45H53N9O18S2. The number of nitrogens with one attached hydrogen (secondary N) is 1. The highest BCUT2D eigenvalue weighted by Crippen LogP contribution is 2.22. The summed E-state index contributed by atoms with van der Waals surface area (Å²) in [6.07, 6.45) is -2.48. The summed E-state index contributed by atoms with van der Waals surface area (Å²) in [5, 5.41) is 38.6. The van der Waals surface area contributed by atoms with E-state index in [-0.39, 0.29) is 59.7 Å². The Morgan fingerprint density at radius 1 is 0.568 bits per heavy atom. The van der Waals surface area contributed by atoms with Gasteiger partial charge in [0.2, 0.25) is 10.0 Å². The van der Waals surface area contributed by atoms with Crippen LogP contribution in [0.5, 0.6) is 11.5 Å². The number of esters is 2. The second-order valence-electron chi connectivity index (χ2n) is 15.5. The number of hydrogen-bond acceptors (Lipinski definition) is 16. The van der Waals surface area contributed by atoms with Crippen LogP contribution in [0.25, 0.3) is 0 Å². The Labute approximate surface area is 423 Å².